The monoisotopic (exact) mass is 409 g/mol. The van der Waals surface area contributed by atoms with Gasteiger partial charge in [-0.15, -0.1) is 0 Å². The summed E-state index contributed by atoms with van der Waals surface area (Å²) >= 11 is 0. The van der Waals surface area contributed by atoms with E-state index in [-0.39, 0.29) is 11.3 Å². The van der Waals surface area contributed by atoms with Gasteiger partial charge in [0.05, 0.1) is 23.7 Å². The lowest BCUT2D eigenvalue weighted by atomic mass is 9.88. The standard InChI is InChI=1S/C22H23N3O5/c26-20(16-8-10-17(11-9-16)25(29)30)14-22(28)18-6-2-3-7-19(18)24(21(22)27)15-23-12-4-1-5-13-23/h2-3,6-11,28H,1,4-5,12-15H2. The van der Waals surface area contributed by atoms with E-state index in [1.54, 1.807) is 29.2 Å². The summed E-state index contributed by atoms with van der Waals surface area (Å²) in [5, 5.41) is 22.2. The van der Waals surface area contributed by atoms with Crippen LogP contribution in [0.25, 0.3) is 0 Å². The van der Waals surface area contributed by atoms with Crippen LogP contribution in [0, 0.1) is 10.1 Å². The molecule has 2 aromatic carbocycles. The van der Waals surface area contributed by atoms with Crippen molar-refractivity contribution < 1.29 is 19.6 Å². The second-order valence-electron chi connectivity index (χ2n) is 7.83. The molecule has 0 saturated carbocycles. The molecular formula is C22H23N3O5. The minimum Gasteiger partial charge on any atom is -0.375 e. The number of carbonyl (C=O) groups excluding carboxylic acids is 2. The van der Waals surface area contributed by atoms with E-state index in [0.717, 1.165) is 25.9 Å². The third kappa shape index (κ3) is 3.59. The zero-order chi connectivity index (χ0) is 21.3. The smallest absolute Gasteiger partial charge is 0.269 e. The van der Waals surface area contributed by atoms with Crippen LogP contribution in [0.1, 0.15) is 41.6 Å². The first-order chi connectivity index (χ1) is 14.4. The van der Waals surface area contributed by atoms with E-state index in [4.69, 9.17) is 0 Å². The summed E-state index contributed by atoms with van der Waals surface area (Å²) in [7, 11) is 0. The maximum absolute atomic E-state index is 13.3. The topological polar surface area (TPSA) is 104 Å². The number of likely N-dealkylation sites (tertiary alicyclic amines) is 1. The summed E-state index contributed by atoms with van der Waals surface area (Å²) in [6.45, 7) is 2.17. The lowest BCUT2D eigenvalue weighted by molar-refractivity contribution is -0.384. The van der Waals surface area contributed by atoms with Crippen molar-refractivity contribution in [3.8, 4) is 0 Å². The highest BCUT2D eigenvalue weighted by Gasteiger charge is 2.51. The largest absolute Gasteiger partial charge is 0.375 e. The van der Waals surface area contributed by atoms with Gasteiger partial charge in [-0.1, -0.05) is 24.6 Å². The number of nitrogens with zero attached hydrogens (tertiary/aromatic N) is 3. The Morgan fingerprint density at radius 2 is 1.73 bits per heavy atom. The molecule has 1 atom stereocenters. The summed E-state index contributed by atoms with van der Waals surface area (Å²) in [6, 6.07) is 12.2. The van der Waals surface area contributed by atoms with Crippen molar-refractivity contribution in [1.82, 2.24) is 4.90 Å². The summed E-state index contributed by atoms with van der Waals surface area (Å²) in [5.74, 6) is -0.958. The maximum Gasteiger partial charge on any atom is 0.269 e. The highest BCUT2D eigenvalue weighted by Crippen LogP contribution is 2.43. The van der Waals surface area contributed by atoms with Gasteiger partial charge in [-0.2, -0.15) is 0 Å². The quantitative estimate of drug-likeness (QED) is 0.447. The van der Waals surface area contributed by atoms with Crippen molar-refractivity contribution in [2.24, 2.45) is 0 Å². The summed E-state index contributed by atoms with van der Waals surface area (Å²) in [6.07, 6.45) is 2.91. The predicted octanol–water partition coefficient (Wildman–Crippen LogP) is 2.85. The first kappa shape index (κ1) is 20.2. The third-order valence-electron chi connectivity index (χ3n) is 5.85. The van der Waals surface area contributed by atoms with Crippen LogP contribution in [0.3, 0.4) is 0 Å². The van der Waals surface area contributed by atoms with Crippen LogP contribution in [0.4, 0.5) is 11.4 Å². The minimum absolute atomic E-state index is 0.125. The normalized spacial score (nSPS) is 21.5. The van der Waals surface area contributed by atoms with Crippen LogP contribution in [-0.4, -0.2) is 46.4 Å². The number of aliphatic hydroxyl groups is 1. The van der Waals surface area contributed by atoms with Crippen molar-refractivity contribution in [3.05, 3.63) is 69.8 Å². The molecule has 1 saturated heterocycles. The zero-order valence-corrected chi connectivity index (χ0v) is 16.5. The van der Waals surface area contributed by atoms with E-state index in [0.29, 0.717) is 17.9 Å². The maximum atomic E-state index is 13.3. The van der Waals surface area contributed by atoms with Gasteiger partial charge in [0.1, 0.15) is 0 Å². The lowest BCUT2D eigenvalue weighted by Gasteiger charge is -2.31. The zero-order valence-electron chi connectivity index (χ0n) is 16.5. The van der Waals surface area contributed by atoms with Gasteiger partial charge in [-0.05, 0) is 44.1 Å². The molecule has 0 bridgehead atoms. The first-order valence-corrected chi connectivity index (χ1v) is 10.0. The third-order valence-corrected chi connectivity index (χ3v) is 5.85. The Morgan fingerprint density at radius 3 is 2.40 bits per heavy atom. The van der Waals surface area contributed by atoms with Gasteiger partial charge < -0.3 is 5.11 Å². The van der Waals surface area contributed by atoms with Crippen LogP contribution in [0.2, 0.25) is 0 Å². The van der Waals surface area contributed by atoms with Gasteiger partial charge in [0.2, 0.25) is 0 Å². The average Bonchev–Trinajstić information content (AvgIpc) is 2.96. The lowest BCUT2D eigenvalue weighted by Crippen LogP contribution is -2.47. The molecule has 2 aromatic rings. The Labute approximate surface area is 173 Å². The molecule has 8 heteroatoms. The Balaban J connectivity index is 1.59. The highest BCUT2D eigenvalue weighted by atomic mass is 16.6. The molecule has 2 aliphatic rings. The van der Waals surface area contributed by atoms with Crippen LogP contribution in [-0.2, 0) is 10.4 Å². The van der Waals surface area contributed by atoms with E-state index in [2.05, 4.69) is 4.90 Å². The Kier molecular flexibility index (Phi) is 5.36. The van der Waals surface area contributed by atoms with Gasteiger partial charge in [0.25, 0.3) is 11.6 Å². The summed E-state index contributed by atoms with van der Waals surface area (Å²) < 4.78 is 0. The predicted molar refractivity (Wildman–Crippen MR) is 110 cm³/mol. The van der Waals surface area contributed by atoms with E-state index in [9.17, 15) is 24.8 Å². The Bertz CT molecular complexity index is 985. The molecular weight excluding hydrogens is 386 g/mol. The molecule has 1 unspecified atom stereocenters. The average molecular weight is 409 g/mol. The molecule has 2 heterocycles. The van der Waals surface area contributed by atoms with Crippen molar-refractivity contribution in [2.75, 3.05) is 24.7 Å². The first-order valence-electron chi connectivity index (χ1n) is 10.0. The molecule has 8 nitrogen and oxygen atoms in total. The van der Waals surface area contributed by atoms with Crippen LogP contribution >= 0.6 is 0 Å². The number of Topliss-reactive ketones (excluding diaryl/α,β-unsaturated/α-hetero) is 1. The second-order valence-corrected chi connectivity index (χ2v) is 7.83. The molecule has 156 valence electrons. The number of carbonyl (C=O) groups is 2. The number of anilines is 1. The molecule has 0 radical (unpaired) electrons. The number of nitro groups is 1. The number of rotatable bonds is 6. The SMILES string of the molecule is O=C(CC1(O)C(=O)N(CN2CCCCC2)c2ccccc21)c1ccc([N+](=O)[O-])cc1. The molecule has 1 amide bonds. The van der Waals surface area contributed by atoms with Crippen molar-refractivity contribution >= 4 is 23.1 Å². The number of benzene rings is 2. The minimum atomic E-state index is -1.95. The molecule has 1 N–H and O–H groups in total. The van der Waals surface area contributed by atoms with E-state index in [1.807, 2.05) is 0 Å². The van der Waals surface area contributed by atoms with Gasteiger partial charge in [-0.3, -0.25) is 29.5 Å². The number of non-ortho nitro benzene ring substituents is 1. The number of hydrogen-bond acceptors (Lipinski definition) is 6. The van der Waals surface area contributed by atoms with Crippen molar-refractivity contribution in [3.63, 3.8) is 0 Å². The van der Waals surface area contributed by atoms with E-state index >= 15 is 0 Å². The van der Waals surface area contributed by atoms with Gasteiger partial charge in [0, 0.05) is 23.3 Å². The second kappa shape index (κ2) is 7.97. The van der Waals surface area contributed by atoms with Crippen molar-refractivity contribution in [1.29, 1.82) is 0 Å². The fraction of sp³-hybridized carbons (Fsp3) is 0.364. The Hall–Kier alpha value is -3.10. The van der Waals surface area contributed by atoms with Crippen LogP contribution < -0.4 is 4.90 Å². The number of fused-ring (bicyclic) bond motifs is 1. The van der Waals surface area contributed by atoms with Gasteiger partial charge in [0.15, 0.2) is 11.4 Å². The van der Waals surface area contributed by atoms with E-state index < -0.39 is 28.6 Å². The van der Waals surface area contributed by atoms with E-state index in [1.165, 1.54) is 30.7 Å². The summed E-state index contributed by atoms with van der Waals surface area (Å²) in [5.41, 5.74) is -0.825. The number of piperidine rings is 1. The number of hydrogen-bond donors (Lipinski definition) is 1. The van der Waals surface area contributed by atoms with Crippen LogP contribution in [0.15, 0.2) is 48.5 Å². The van der Waals surface area contributed by atoms with Gasteiger partial charge in [-0.25, -0.2) is 0 Å². The molecule has 1 fully saturated rings. The summed E-state index contributed by atoms with van der Waals surface area (Å²) in [4.78, 5) is 40.1. The Morgan fingerprint density at radius 1 is 1.07 bits per heavy atom. The number of ketones is 1. The fourth-order valence-corrected chi connectivity index (χ4v) is 4.22. The molecule has 2 aliphatic heterocycles. The molecule has 30 heavy (non-hydrogen) atoms. The molecule has 4 rings (SSSR count). The van der Waals surface area contributed by atoms with Crippen LogP contribution in [0.5, 0.6) is 0 Å². The highest BCUT2D eigenvalue weighted by molar-refractivity contribution is 6.10. The number of amides is 1. The number of nitro benzene ring substituents is 1. The molecule has 0 aliphatic carbocycles. The molecule has 0 aromatic heterocycles. The fourth-order valence-electron chi connectivity index (χ4n) is 4.22. The number of para-hydroxylation sites is 1. The molecule has 0 spiro atoms. The van der Waals surface area contributed by atoms with Crippen molar-refractivity contribution in [2.45, 2.75) is 31.3 Å². The van der Waals surface area contributed by atoms with Gasteiger partial charge >= 0.3 is 0 Å².